The smallest absolute Gasteiger partial charge is 0.408 e. The van der Waals surface area contributed by atoms with Crippen molar-refractivity contribution in [3.05, 3.63) is 34.1 Å². The second-order valence-corrected chi connectivity index (χ2v) is 6.13. The molecule has 1 aromatic carbocycles. The molecule has 0 spiro atoms. The number of carbonyl (C=O) groups is 2. The molecule has 2 N–H and O–H groups in total. The molecule has 0 saturated heterocycles. The number of rotatable bonds is 6. The summed E-state index contributed by atoms with van der Waals surface area (Å²) in [6.45, 7) is 6.06. The summed E-state index contributed by atoms with van der Waals surface area (Å²) < 4.78 is 23.8. The molecule has 0 aliphatic rings. The van der Waals surface area contributed by atoms with Crippen molar-refractivity contribution in [2.75, 3.05) is 0 Å². The molecule has 138 valence electrons. The highest BCUT2D eigenvalue weighted by Gasteiger charge is 2.32. The molecular formula is C15H19FN2O7. The van der Waals surface area contributed by atoms with Crippen molar-refractivity contribution in [3.63, 3.8) is 0 Å². The van der Waals surface area contributed by atoms with Gasteiger partial charge in [0.1, 0.15) is 11.7 Å². The summed E-state index contributed by atoms with van der Waals surface area (Å²) in [4.78, 5) is 33.1. The first kappa shape index (κ1) is 20.1. The number of aliphatic carboxylic acids is 1. The molecule has 0 unspecified atom stereocenters. The maximum Gasteiger partial charge on any atom is 0.408 e. The second kappa shape index (κ2) is 7.77. The fourth-order valence-corrected chi connectivity index (χ4v) is 1.85. The van der Waals surface area contributed by atoms with E-state index in [1.807, 2.05) is 0 Å². The highest BCUT2D eigenvalue weighted by atomic mass is 19.1. The largest absolute Gasteiger partial charge is 0.481 e. The van der Waals surface area contributed by atoms with Crippen LogP contribution in [0.4, 0.5) is 14.9 Å². The number of carboxylic acid groups (broad SMARTS) is 1. The Morgan fingerprint density at radius 1 is 1.36 bits per heavy atom. The van der Waals surface area contributed by atoms with Crippen molar-refractivity contribution in [1.82, 2.24) is 5.32 Å². The lowest BCUT2D eigenvalue weighted by molar-refractivity contribution is -0.388. The van der Waals surface area contributed by atoms with E-state index >= 15 is 0 Å². The Balaban J connectivity index is 2.97. The number of nitro groups is 1. The van der Waals surface area contributed by atoms with Crippen LogP contribution in [0, 0.1) is 15.9 Å². The van der Waals surface area contributed by atoms with Crippen LogP contribution >= 0.6 is 0 Å². The summed E-state index contributed by atoms with van der Waals surface area (Å²) >= 11 is 0. The molecular weight excluding hydrogens is 339 g/mol. The number of nitrogens with one attached hydrogen (secondary N) is 1. The van der Waals surface area contributed by atoms with Gasteiger partial charge in [0.05, 0.1) is 4.92 Å². The van der Waals surface area contributed by atoms with Crippen molar-refractivity contribution in [2.24, 2.45) is 0 Å². The molecule has 1 amide bonds. The van der Waals surface area contributed by atoms with Crippen molar-refractivity contribution in [2.45, 2.75) is 45.4 Å². The van der Waals surface area contributed by atoms with Gasteiger partial charge in [0, 0.05) is 0 Å². The molecule has 2 atom stereocenters. The molecule has 0 aliphatic carbocycles. The molecule has 0 heterocycles. The van der Waals surface area contributed by atoms with Crippen LogP contribution in [0.5, 0.6) is 5.75 Å². The Hall–Kier alpha value is -2.91. The van der Waals surface area contributed by atoms with Gasteiger partial charge in [0.2, 0.25) is 11.6 Å². The summed E-state index contributed by atoms with van der Waals surface area (Å²) in [5.74, 6) is -3.02. The Kier molecular flexibility index (Phi) is 6.26. The number of halogens is 1. The van der Waals surface area contributed by atoms with Crippen molar-refractivity contribution < 1.29 is 33.5 Å². The van der Waals surface area contributed by atoms with Gasteiger partial charge in [-0.2, -0.15) is 4.39 Å². The Labute approximate surface area is 142 Å². The second-order valence-electron chi connectivity index (χ2n) is 6.13. The average molecular weight is 358 g/mol. The molecule has 9 nitrogen and oxygen atoms in total. The van der Waals surface area contributed by atoms with Crippen LogP contribution in [0.15, 0.2) is 18.2 Å². The number of nitro benzene ring substituents is 1. The van der Waals surface area contributed by atoms with E-state index in [9.17, 15) is 29.2 Å². The normalized spacial score (nSPS) is 13.5. The number of hydrogen-bond acceptors (Lipinski definition) is 6. The summed E-state index contributed by atoms with van der Waals surface area (Å²) in [5, 5.41) is 22.3. The summed E-state index contributed by atoms with van der Waals surface area (Å²) in [5.41, 5.74) is -1.77. The first-order chi connectivity index (χ1) is 11.4. The van der Waals surface area contributed by atoms with Gasteiger partial charge in [0.15, 0.2) is 6.04 Å². The Morgan fingerprint density at radius 3 is 2.44 bits per heavy atom. The quantitative estimate of drug-likeness (QED) is 0.590. The van der Waals surface area contributed by atoms with Gasteiger partial charge in [-0.3, -0.25) is 10.1 Å². The van der Waals surface area contributed by atoms with Crippen LogP contribution in [0.1, 0.15) is 27.7 Å². The monoisotopic (exact) mass is 358 g/mol. The molecule has 0 radical (unpaired) electrons. The zero-order valence-corrected chi connectivity index (χ0v) is 14.1. The van der Waals surface area contributed by atoms with E-state index in [4.69, 9.17) is 9.47 Å². The summed E-state index contributed by atoms with van der Waals surface area (Å²) in [6, 6.07) is 1.62. The highest BCUT2D eigenvalue weighted by Crippen LogP contribution is 2.30. The van der Waals surface area contributed by atoms with E-state index in [0.717, 1.165) is 12.1 Å². The third-order valence-electron chi connectivity index (χ3n) is 2.85. The molecule has 0 aromatic heterocycles. The van der Waals surface area contributed by atoms with E-state index in [1.54, 1.807) is 20.8 Å². The number of para-hydroxylation sites is 1. The number of amides is 1. The number of carboxylic acids is 1. The maximum absolute atomic E-state index is 13.6. The van der Waals surface area contributed by atoms with Crippen LogP contribution in [0.3, 0.4) is 0 Å². The first-order valence-corrected chi connectivity index (χ1v) is 7.24. The number of carbonyl (C=O) groups excluding carboxylic acids is 1. The number of benzene rings is 1. The molecule has 1 aromatic rings. The van der Waals surface area contributed by atoms with Gasteiger partial charge in [-0.25, -0.2) is 9.59 Å². The van der Waals surface area contributed by atoms with Gasteiger partial charge in [-0.15, -0.1) is 0 Å². The van der Waals surface area contributed by atoms with Crippen LogP contribution in [0.2, 0.25) is 0 Å². The summed E-state index contributed by atoms with van der Waals surface area (Å²) in [7, 11) is 0. The number of nitrogens with zero attached hydrogens (tertiary/aromatic N) is 1. The molecule has 0 bridgehead atoms. The number of hydrogen-bond donors (Lipinski definition) is 2. The van der Waals surface area contributed by atoms with E-state index in [-0.39, 0.29) is 0 Å². The van der Waals surface area contributed by atoms with Crippen LogP contribution in [-0.4, -0.2) is 39.8 Å². The van der Waals surface area contributed by atoms with Gasteiger partial charge in [-0.05, 0) is 39.8 Å². The number of alkyl carbamates (subject to hydrolysis) is 1. The van der Waals surface area contributed by atoms with Crippen LogP contribution in [-0.2, 0) is 9.53 Å². The first-order valence-electron chi connectivity index (χ1n) is 7.24. The minimum absolute atomic E-state index is 0.449. The lowest BCUT2D eigenvalue weighted by Crippen LogP contribution is -2.51. The van der Waals surface area contributed by atoms with E-state index in [2.05, 4.69) is 5.32 Å². The minimum Gasteiger partial charge on any atom is -0.481 e. The lowest BCUT2D eigenvalue weighted by atomic mass is 10.1. The maximum atomic E-state index is 13.6. The lowest BCUT2D eigenvalue weighted by Gasteiger charge is -2.25. The topological polar surface area (TPSA) is 128 Å². The van der Waals surface area contributed by atoms with E-state index < -0.39 is 52.0 Å². The Morgan fingerprint density at radius 2 is 1.96 bits per heavy atom. The van der Waals surface area contributed by atoms with Crippen LogP contribution < -0.4 is 10.1 Å². The fourth-order valence-electron chi connectivity index (χ4n) is 1.85. The van der Waals surface area contributed by atoms with Crippen molar-refractivity contribution in [3.8, 4) is 5.75 Å². The van der Waals surface area contributed by atoms with E-state index in [1.165, 1.54) is 13.0 Å². The molecule has 0 aliphatic heterocycles. The summed E-state index contributed by atoms with van der Waals surface area (Å²) in [6.07, 6.45) is -2.24. The minimum atomic E-state index is -1.57. The van der Waals surface area contributed by atoms with Gasteiger partial charge in [-0.1, -0.05) is 6.07 Å². The predicted molar refractivity (Wildman–Crippen MR) is 83.9 cm³/mol. The van der Waals surface area contributed by atoms with Crippen molar-refractivity contribution in [1.29, 1.82) is 0 Å². The van der Waals surface area contributed by atoms with Crippen molar-refractivity contribution >= 4 is 17.7 Å². The zero-order valence-electron chi connectivity index (χ0n) is 14.1. The molecule has 10 heteroatoms. The van der Waals surface area contributed by atoms with Gasteiger partial charge in [0.25, 0.3) is 0 Å². The Bertz CT molecular complexity index is 672. The average Bonchev–Trinajstić information content (AvgIpc) is 2.42. The van der Waals surface area contributed by atoms with Gasteiger partial charge >= 0.3 is 17.7 Å². The van der Waals surface area contributed by atoms with Gasteiger partial charge < -0.3 is 19.9 Å². The number of ether oxygens (including phenoxy) is 2. The highest BCUT2D eigenvalue weighted by molar-refractivity contribution is 5.80. The molecule has 25 heavy (non-hydrogen) atoms. The molecule has 0 saturated carbocycles. The fraction of sp³-hybridized carbons (Fsp3) is 0.467. The SMILES string of the molecule is C[C@@H](Oc1cccc(F)c1[N+](=O)[O-])[C@H](NC(=O)OC(C)(C)C)C(=O)O. The molecule has 1 rings (SSSR count). The third kappa shape index (κ3) is 5.90. The van der Waals surface area contributed by atoms with E-state index in [0.29, 0.717) is 0 Å². The molecule has 0 fully saturated rings. The zero-order chi connectivity index (χ0) is 19.4. The standard InChI is InChI=1S/C15H19FN2O7/c1-8(11(13(19)20)17-14(21)25-15(2,3)4)24-10-7-5-6-9(16)12(10)18(22)23/h5-8,11H,1-4H3,(H,17,21)(H,19,20)/t8-,11+/m1/s1. The predicted octanol–water partition coefficient (Wildman–Crippen LogP) is 2.48. The van der Waals surface area contributed by atoms with Crippen LogP contribution in [0.25, 0.3) is 0 Å². The third-order valence-corrected chi connectivity index (χ3v) is 2.85.